The number of likely N-dealkylation sites (tertiary alicyclic amines) is 1. The van der Waals surface area contributed by atoms with Crippen molar-refractivity contribution in [2.45, 2.75) is 38.1 Å². The van der Waals surface area contributed by atoms with Gasteiger partial charge in [0.25, 0.3) is 0 Å². The number of halogens is 2. The standard InChI is InChI=1S/C17H24Cl2N2/c18-14-5-6-16(19)15(9-14)17(10-20)21-8-7-12-3-1-2-4-13(12)11-21/h5-6,9,12-13,17H,1-4,7-8,10-11,20H2. The molecule has 2 fully saturated rings. The van der Waals surface area contributed by atoms with Crippen LogP contribution in [0.25, 0.3) is 0 Å². The molecule has 0 spiro atoms. The van der Waals surface area contributed by atoms with Crippen LogP contribution >= 0.6 is 23.2 Å². The first kappa shape index (κ1) is 15.6. The van der Waals surface area contributed by atoms with Gasteiger partial charge in [0.05, 0.1) is 0 Å². The van der Waals surface area contributed by atoms with Gasteiger partial charge in [0.1, 0.15) is 0 Å². The highest BCUT2D eigenvalue weighted by Gasteiger charge is 2.34. The fraction of sp³-hybridized carbons (Fsp3) is 0.647. The molecule has 2 aliphatic rings. The number of benzene rings is 1. The molecular formula is C17H24Cl2N2. The minimum atomic E-state index is 0.194. The van der Waals surface area contributed by atoms with Crippen molar-refractivity contribution in [1.82, 2.24) is 4.90 Å². The molecule has 3 atom stereocenters. The summed E-state index contributed by atoms with van der Waals surface area (Å²) in [6.45, 7) is 2.89. The Morgan fingerprint density at radius 1 is 1.14 bits per heavy atom. The number of hydrogen-bond donors (Lipinski definition) is 1. The minimum Gasteiger partial charge on any atom is -0.329 e. The number of piperidine rings is 1. The van der Waals surface area contributed by atoms with Crippen molar-refractivity contribution in [1.29, 1.82) is 0 Å². The first-order valence-electron chi connectivity index (χ1n) is 8.08. The fourth-order valence-electron chi connectivity index (χ4n) is 4.15. The van der Waals surface area contributed by atoms with Gasteiger partial charge in [0.2, 0.25) is 0 Å². The molecule has 21 heavy (non-hydrogen) atoms. The molecule has 1 aromatic carbocycles. The zero-order chi connectivity index (χ0) is 14.8. The van der Waals surface area contributed by atoms with Gasteiger partial charge < -0.3 is 5.73 Å². The van der Waals surface area contributed by atoms with Crippen LogP contribution in [0.5, 0.6) is 0 Å². The Bertz CT molecular complexity index is 492. The van der Waals surface area contributed by atoms with E-state index in [1.54, 1.807) is 0 Å². The predicted molar refractivity (Wildman–Crippen MR) is 89.9 cm³/mol. The summed E-state index contributed by atoms with van der Waals surface area (Å²) in [4.78, 5) is 2.53. The van der Waals surface area contributed by atoms with E-state index in [2.05, 4.69) is 4.90 Å². The van der Waals surface area contributed by atoms with Crippen molar-refractivity contribution in [2.24, 2.45) is 17.6 Å². The summed E-state index contributed by atoms with van der Waals surface area (Å²) in [6, 6.07) is 5.90. The molecule has 1 heterocycles. The van der Waals surface area contributed by atoms with Crippen LogP contribution in [0.4, 0.5) is 0 Å². The van der Waals surface area contributed by atoms with E-state index in [0.717, 1.165) is 40.5 Å². The molecule has 3 rings (SSSR count). The molecule has 116 valence electrons. The van der Waals surface area contributed by atoms with Crippen LogP contribution in [0.3, 0.4) is 0 Å². The molecule has 2 nitrogen and oxygen atoms in total. The Hall–Kier alpha value is -0.280. The molecule has 0 bridgehead atoms. The highest BCUT2D eigenvalue weighted by molar-refractivity contribution is 6.33. The van der Waals surface area contributed by atoms with E-state index in [0.29, 0.717) is 6.54 Å². The van der Waals surface area contributed by atoms with E-state index in [-0.39, 0.29) is 6.04 Å². The molecule has 0 aromatic heterocycles. The third kappa shape index (κ3) is 3.39. The summed E-state index contributed by atoms with van der Waals surface area (Å²) in [5.41, 5.74) is 7.16. The summed E-state index contributed by atoms with van der Waals surface area (Å²) in [5.74, 6) is 1.78. The average Bonchev–Trinajstić information content (AvgIpc) is 2.51. The summed E-state index contributed by atoms with van der Waals surface area (Å²) >= 11 is 12.5. The maximum Gasteiger partial charge on any atom is 0.0485 e. The van der Waals surface area contributed by atoms with Crippen LogP contribution in [-0.4, -0.2) is 24.5 Å². The fourth-order valence-corrected chi connectivity index (χ4v) is 4.58. The molecule has 1 aromatic rings. The van der Waals surface area contributed by atoms with Crippen LogP contribution in [0.15, 0.2) is 18.2 Å². The van der Waals surface area contributed by atoms with Gasteiger partial charge in [-0.05, 0) is 55.0 Å². The highest BCUT2D eigenvalue weighted by Crippen LogP contribution is 2.39. The van der Waals surface area contributed by atoms with Crippen LogP contribution in [0.1, 0.15) is 43.7 Å². The van der Waals surface area contributed by atoms with Crippen molar-refractivity contribution < 1.29 is 0 Å². The third-order valence-corrected chi connectivity index (χ3v) is 5.88. The van der Waals surface area contributed by atoms with Crippen molar-refractivity contribution >= 4 is 23.2 Å². The summed E-state index contributed by atoms with van der Waals surface area (Å²) in [6.07, 6.45) is 6.91. The molecule has 1 aliphatic heterocycles. The van der Waals surface area contributed by atoms with Gasteiger partial charge >= 0.3 is 0 Å². The normalized spacial score (nSPS) is 28.1. The van der Waals surface area contributed by atoms with Crippen LogP contribution < -0.4 is 5.73 Å². The summed E-state index contributed by atoms with van der Waals surface area (Å²) in [5, 5.41) is 1.51. The molecule has 3 unspecified atom stereocenters. The van der Waals surface area contributed by atoms with E-state index in [9.17, 15) is 0 Å². The third-order valence-electron chi connectivity index (χ3n) is 5.30. The van der Waals surface area contributed by atoms with Crippen LogP contribution in [-0.2, 0) is 0 Å². The second kappa shape index (κ2) is 6.87. The van der Waals surface area contributed by atoms with E-state index in [1.807, 2.05) is 18.2 Å². The quantitative estimate of drug-likeness (QED) is 0.885. The van der Waals surface area contributed by atoms with Gasteiger partial charge in [-0.3, -0.25) is 4.90 Å². The molecule has 2 N–H and O–H groups in total. The highest BCUT2D eigenvalue weighted by atomic mass is 35.5. The second-order valence-corrected chi connectivity index (χ2v) is 7.35. The Labute approximate surface area is 137 Å². The predicted octanol–water partition coefficient (Wildman–Crippen LogP) is 4.51. The molecular weight excluding hydrogens is 303 g/mol. The minimum absolute atomic E-state index is 0.194. The first-order valence-corrected chi connectivity index (χ1v) is 8.83. The van der Waals surface area contributed by atoms with Crippen LogP contribution in [0.2, 0.25) is 10.0 Å². The average molecular weight is 327 g/mol. The van der Waals surface area contributed by atoms with Gasteiger partial charge in [-0.1, -0.05) is 42.5 Å². The van der Waals surface area contributed by atoms with Crippen LogP contribution in [0, 0.1) is 11.8 Å². The first-order chi connectivity index (χ1) is 10.2. The Morgan fingerprint density at radius 2 is 1.90 bits per heavy atom. The Morgan fingerprint density at radius 3 is 2.67 bits per heavy atom. The van der Waals surface area contributed by atoms with Gasteiger partial charge in [0, 0.05) is 29.2 Å². The second-order valence-electron chi connectivity index (χ2n) is 6.51. The van der Waals surface area contributed by atoms with Gasteiger partial charge in [-0.25, -0.2) is 0 Å². The smallest absolute Gasteiger partial charge is 0.0485 e. The molecule has 4 heteroatoms. The maximum absolute atomic E-state index is 6.39. The Balaban J connectivity index is 1.78. The van der Waals surface area contributed by atoms with E-state index in [4.69, 9.17) is 28.9 Å². The zero-order valence-corrected chi connectivity index (χ0v) is 13.9. The topological polar surface area (TPSA) is 29.3 Å². The summed E-state index contributed by atoms with van der Waals surface area (Å²) < 4.78 is 0. The number of nitrogens with zero attached hydrogens (tertiary/aromatic N) is 1. The number of hydrogen-bond acceptors (Lipinski definition) is 2. The molecule has 1 saturated carbocycles. The SMILES string of the molecule is NCC(c1cc(Cl)ccc1Cl)N1CCC2CCCCC2C1. The Kier molecular flexibility index (Phi) is 5.11. The van der Waals surface area contributed by atoms with Crippen molar-refractivity contribution in [3.63, 3.8) is 0 Å². The van der Waals surface area contributed by atoms with E-state index < -0.39 is 0 Å². The van der Waals surface area contributed by atoms with Crippen molar-refractivity contribution in [2.75, 3.05) is 19.6 Å². The lowest BCUT2D eigenvalue weighted by Gasteiger charge is -2.44. The van der Waals surface area contributed by atoms with Gasteiger partial charge in [0.15, 0.2) is 0 Å². The zero-order valence-electron chi connectivity index (χ0n) is 12.4. The van der Waals surface area contributed by atoms with E-state index >= 15 is 0 Å². The monoisotopic (exact) mass is 326 g/mol. The largest absolute Gasteiger partial charge is 0.329 e. The molecule has 0 amide bonds. The van der Waals surface area contributed by atoms with E-state index in [1.165, 1.54) is 32.1 Å². The number of nitrogens with two attached hydrogens (primary N) is 1. The maximum atomic E-state index is 6.39. The van der Waals surface area contributed by atoms with Crippen molar-refractivity contribution in [3.8, 4) is 0 Å². The summed E-state index contributed by atoms with van der Waals surface area (Å²) in [7, 11) is 0. The van der Waals surface area contributed by atoms with Crippen molar-refractivity contribution in [3.05, 3.63) is 33.8 Å². The molecule has 1 aliphatic carbocycles. The lowest BCUT2D eigenvalue weighted by Crippen LogP contribution is -2.45. The van der Waals surface area contributed by atoms with Gasteiger partial charge in [-0.2, -0.15) is 0 Å². The number of fused-ring (bicyclic) bond motifs is 1. The molecule has 1 saturated heterocycles. The lowest BCUT2D eigenvalue weighted by molar-refractivity contribution is 0.0586. The van der Waals surface area contributed by atoms with Gasteiger partial charge in [-0.15, -0.1) is 0 Å². The number of rotatable bonds is 3. The molecule has 0 radical (unpaired) electrons. The lowest BCUT2D eigenvalue weighted by atomic mass is 9.74.